The van der Waals surface area contributed by atoms with Crippen molar-refractivity contribution >= 4 is 17.9 Å². The molecule has 0 aliphatic heterocycles. The third-order valence-electron chi connectivity index (χ3n) is 1.94. The van der Waals surface area contributed by atoms with Crippen LogP contribution in [0.3, 0.4) is 0 Å². The minimum atomic E-state index is -0.176. The molecule has 0 aliphatic carbocycles. The number of hydrogen-bond donors (Lipinski definition) is 3. The van der Waals surface area contributed by atoms with Crippen molar-refractivity contribution in [2.45, 2.75) is 20.3 Å². The zero-order valence-electron chi connectivity index (χ0n) is 10.7. The van der Waals surface area contributed by atoms with Crippen LogP contribution in [-0.2, 0) is 4.79 Å². The Morgan fingerprint density at radius 2 is 2.18 bits per heavy atom. The largest absolute Gasteiger partial charge is 0.325 e. The van der Waals surface area contributed by atoms with E-state index in [-0.39, 0.29) is 5.91 Å². The maximum atomic E-state index is 12.0. The Bertz CT molecular complexity index is 335. The lowest BCUT2D eigenvalue weighted by Crippen LogP contribution is -2.28. The van der Waals surface area contributed by atoms with Gasteiger partial charge in [0.05, 0.1) is 0 Å². The zero-order valence-corrected chi connectivity index (χ0v) is 11.5. The summed E-state index contributed by atoms with van der Waals surface area (Å²) in [7, 11) is 1.79. The molecule has 0 aliphatic rings. The third kappa shape index (κ3) is 6.31. The van der Waals surface area contributed by atoms with Crippen LogP contribution in [-0.4, -0.2) is 19.5 Å². The molecule has 0 rings (SSSR count). The van der Waals surface area contributed by atoms with Gasteiger partial charge in [0, 0.05) is 17.8 Å². The van der Waals surface area contributed by atoms with Crippen molar-refractivity contribution in [3.05, 3.63) is 34.9 Å². The Morgan fingerprint density at radius 1 is 1.53 bits per heavy atom. The van der Waals surface area contributed by atoms with Gasteiger partial charge in [-0.15, -0.1) is 0 Å². The van der Waals surface area contributed by atoms with Gasteiger partial charge >= 0.3 is 0 Å². The van der Waals surface area contributed by atoms with Crippen LogP contribution in [0, 0.1) is 0 Å². The maximum Gasteiger partial charge on any atom is 0.256 e. The van der Waals surface area contributed by atoms with Gasteiger partial charge in [-0.25, -0.2) is 0 Å². The molecule has 0 atom stereocenters. The van der Waals surface area contributed by atoms with Crippen molar-refractivity contribution in [1.82, 2.24) is 10.0 Å². The molecule has 96 valence electrons. The summed E-state index contributed by atoms with van der Waals surface area (Å²) in [4.78, 5) is 12.0. The van der Waals surface area contributed by atoms with Gasteiger partial charge in [0.25, 0.3) is 5.91 Å². The zero-order chi connectivity index (χ0) is 13.3. The molecular weight excluding hydrogens is 234 g/mol. The summed E-state index contributed by atoms with van der Waals surface area (Å²) in [6, 6.07) is 0. The average Bonchev–Trinajstić information content (AvgIpc) is 2.28. The first-order valence-corrected chi connectivity index (χ1v) is 6.33. The summed E-state index contributed by atoms with van der Waals surface area (Å²) in [5.74, 6) is -0.176. The lowest BCUT2D eigenvalue weighted by atomic mass is 10.1. The highest BCUT2D eigenvalue weighted by molar-refractivity contribution is 8.00. The van der Waals surface area contributed by atoms with Crippen LogP contribution in [0.1, 0.15) is 20.3 Å². The number of nitrogens with one attached hydrogen (secondary N) is 2. The minimum absolute atomic E-state index is 0.176. The second kappa shape index (κ2) is 9.04. The van der Waals surface area contributed by atoms with E-state index in [2.05, 4.69) is 16.6 Å². The Hall–Kier alpha value is -1.04. The molecule has 0 fully saturated rings. The highest BCUT2D eigenvalue weighted by Crippen LogP contribution is 2.12. The topological polar surface area (TPSA) is 67.2 Å². The number of allylic oxidation sites excluding steroid dienone is 1. The fraction of sp³-hybridized carbons (Fsp3) is 0.417. The van der Waals surface area contributed by atoms with E-state index >= 15 is 0 Å². The van der Waals surface area contributed by atoms with Crippen molar-refractivity contribution in [3.8, 4) is 0 Å². The Labute approximate surface area is 108 Å². The fourth-order valence-electron chi connectivity index (χ4n) is 1.11. The molecular formula is C12H21N3OS. The van der Waals surface area contributed by atoms with E-state index in [9.17, 15) is 4.79 Å². The number of hydrogen-bond acceptors (Lipinski definition) is 4. The molecule has 17 heavy (non-hydrogen) atoms. The molecule has 0 spiro atoms. The maximum absolute atomic E-state index is 12.0. The van der Waals surface area contributed by atoms with Crippen LogP contribution in [0.15, 0.2) is 34.9 Å². The molecule has 0 radical (unpaired) electrons. The predicted octanol–water partition coefficient (Wildman–Crippen LogP) is 1.68. The summed E-state index contributed by atoms with van der Waals surface area (Å²) in [6.45, 7) is 7.90. The molecule has 0 aromatic rings. The molecule has 4 nitrogen and oxygen atoms in total. The molecule has 0 heterocycles. The molecule has 0 saturated carbocycles. The van der Waals surface area contributed by atoms with E-state index < -0.39 is 0 Å². The van der Waals surface area contributed by atoms with Gasteiger partial charge in [-0.3, -0.25) is 9.52 Å². The molecule has 4 N–H and O–H groups in total. The highest BCUT2D eigenvalue weighted by atomic mass is 32.2. The summed E-state index contributed by atoms with van der Waals surface area (Å²) in [5.41, 5.74) is 7.55. The normalized spacial score (nSPS) is 12.5. The van der Waals surface area contributed by atoms with Gasteiger partial charge < -0.3 is 11.1 Å². The Kier molecular flexibility index (Phi) is 8.49. The summed E-state index contributed by atoms with van der Waals surface area (Å²) < 4.78 is 2.88. The predicted molar refractivity (Wildman–Crippen MR) is 75.1 cm³/mol. The van der Waals surface area contributed by atoms with Crippen molar-refractivity contribution in [2.24, 2.45) is 5.73 Å². The molecule has 0 aromatic heterocycles. The van der Waals surface area contributed by atoms with Crippen molar-refractivity contribution in [3.63, 3.8) is 0 Å². The lowest BCUT2D eigenvalue weighted by Gasteiger charge is -2.10. The molecule has 0 unspecified atom stereocenters. The van der Waals surface area contributed by atoms with Gasteiger partial charge in [0.15, 0.2) is 0 Å². The number of amides is 1. The van der Waals surface area contributed by atoms with Crippen molar-refractivity contribution in [1.29, 1.82) is 0 Å². The third-order valence-corrected chi connectivity index (χ3v) is 2.53. The van der Waals surface area contributed by atoms with Crippen LogP contribution < -0.4 is 15.8 Å². The molecule has 0 bridgehead atoms. The van der Waals surface area contributed by atoms with E-state index in [1.165, 1.54) is 11.9 Å². The summed E-state index contributed by atoms with van der Waals surface area (Å²) in [6.07, 6.45) is 2.74. The number of carbonyl (C=O) groups is 1. The minimum Gasteiger partial charge on any atom is -0.325 e. The van der Waals surface area contributed by atoms with E-state index in [0.29, 0.717) is 12.1 Å². The van der Waals surface area contributed by atoms with Crippen LogP contribution in [0.5, 0.6) is 0 Å². The SMILES string of the molecule is C=C(C)C(=CSNC)C(=O)NC(=CCC)CN. The van der Waals surface area contributed by atoms with Gasteiger partial charge in [-0.1, -0.05) is 31.5 Å². The van der Waals surface area contributed by atoms with Crippen molar-refractivity contribution < 1.29 is 4.79 Å². The quantitative estimate of drug-likeness (QED) is 0.368. The second-order valence-corrected chi connectivity index (χ2v) is 4.31. The van der Waals surface area contributed by atoms with E-state index in [4.69, 9.17) is 5.73 Å². The standard InChI is InChI=1S/C12H21N3OS/c1-5-6-10(7-13)15-12(16)11(9(2)3)8-17-14-4/h6,8,14H,2,5,7,13H2,1,3-4H3,(H,15,16). The Morgan fingerprint density at radius 3 is 2.59 bits per heavy atom. The van der Waals surface area contributed by atoms with Crippen LogP contribution >= 0.6 is 11.9 Å². The van der Waals surface area contributed by atoms with Gasteiger partial charge in [0.1, 0.15) is 0 Å². The number of rotatable bonds is 7. The second-order valence-electron chi connectivity index (χ2n) is 3.43. The smallest absolute Gasteiger partial charge is 0.256 e. The van der Waals surface area contributed by atoms with Crippen molar-refractivity contribution in [2.75, 3.05) is 13.6 Å². The monoisotopic (exact) mass is 255 g/mol. The molecule has 0 saturated heterocycles. The summed E-state index contributed by atoms with van der Waals surface area (Å²) >= 11 is 1.34. The van der Waals surface area contributed by atoms with Gasteiger partial charge in [0.2, 0.25) is 0 Å². The van der Waals surface area contributed by atoms with Gasteiger partial charge in [-0.2, -0.15) is 0 Å². The molecule has 5 heteroatoms. The Balaban J connectivity index is 4.75. The van der Waals surface area contributed by atoms with Crippen LogP contribution in [0.2, 0.25) is 0 Å². The first-order valence-electron chi connectivity index (χ1n) is 5.45. The fourth-order valence-corrected chi connectivity index (χ4v) is 1.65. The van der Waals surface area contributed by atoms with E-state index in [1.807, 2.05) is 13.0 Å². The summed E-state index contributed by atoms with van der Waals surface area (Å²) in [5, 5.41) is 4.52. The first kappa shape index (κ1) is 16.0. The van der Waals surface area contributed by atoms with Crippen LogP contribution in [0.4, 0.5) is 0 Å². The number of nitrogens with two attached hydrogens (primary N) is 1. The first-order chi connectivity index (χ1) is 8.06. The van der Waals surface area contributed by atoms with Crippen LogP contribution in [0.25, 0.3) is 0 Å². The average molecular weight is 255 g/mol. The van der Waals surface area contributed by atoms with Gasteiger partial charge in [-0.05, 0) is 31.4 Å². The molecule has 1 amide bonds. The highest BCUT2D eigenvalue weighted by Gasteiger charge is 2.10. The van der Waals surface area contributed by atoms with E-state index in [1.54, 1.807) is 19.4 Å². The van der Waals surface area contributed by atoms with E-state index in [0.717, 1.165) is 17.7 Å². The molecule has 0 aromatic carbocycles. The lowest BCUT2D eigenvalue weighted by molar-refractivity contribution is -0.116. The number of carbonyl (C=O) groups excluding carboxylic acids is 1.